The highest BCUT2D eigenvalue weighted by atomic mass is 32.2. The summed E-state index contributed by atoms with van der Waals surface area (Å²) in [4.78, 5) is -0.607. The lowest BCUT2D eigenvalue weighted by Crippen LogP contribution is -2.53. The van der Waals surface area contributed by atoms with Crippen molar-refractivity contribution < 1.29 is 27.4 Å². The lowest BCUT2D eigenvalue weighted by atomic mass is 10.0. The molecule has 5 nitrogen and oxygen atoms in total. The van der Waals surface area contributed by atoms with E-state index in [4.69, 9.17) is 10.2 Å². The van der Waals surface area contributed by atoms with Gasteiger partial charge < -0.3 is 10.2 Å². The summed E-state index contributed by atoms with van der Waals surface area (Å²) in [6.07, 6.45) is 0.108. The van der Waals surface area contributed by atoms with Gasteiger partial charge >= 0.3 is 0 Å². The topological polar surface area (TPSA) is 86.6 Å². The predicted molar refractivity (Wildman–Crippen MR) is 63.9 cm³/mol. The van der Waals surface area contributed by atoms with E-state index >= 15 is 0 Å². The standard InChI is InChI=1S/C11H15F2NO4S/c1-2-11(6-15,7-16)14-19(17,18)10-4-8(12)3-9(13)5-10/h3-5,14-16H,2,6-7H2,1H3. The second kappa shape index (κ2) is 5.91. The first-order valence-corrected chi connectivity index (χ1v) is 6.98. The van der Waals surface area contributed by atoms with E-state index in [2.05, 4.69) is 4.72 Å². The molecule has 1 rings (SSSR count). The average Bonchev–Trinajstić information content (AvgIpc) is 2.35. The van der Waals surface area contributed by atoms with Gasteiger partial charge in [0.05, 0.1) is 23.6 Å². The molecule has 1 aromatic rings. The minimum absolute atomic E-state index is 0.108. The summed E-state index contributed by atoms with van der Waals surface area (Å²) in [5.74, 6) is -2.06. The van der Waals surface area contributed by atoms with Gasteiger partial charge in [-0.3, -0.25) is 0 Å². The Kier molecular flexibility index (Phi) is 4.97. The number of aliphatic hydroxyl groups is 2. The molecule has 0 heterocycles. The van der Waals surface area contributed by atoms with Crippen LogP contribution >= 0.6 is 0 Å². The van der Waals surface area contributed by atoms with Gasteiger partial charge in [0, 0.05) is 6.07 Å². The van der Waals surface area contributed by atoms with Crippen LogP contribution in [0.25, 0.3) is 0 Å². The summed E-state index contributed by atoms with van der Waals surface area (Å²) in [5.41, 5.74) is -1.47. The maximum absolute atomic E-state index is 13.0. The van der Waals surface area contributed by atoms with Crippen molar-refractivity contribution in [2.75, 3.05) is 13.2 Å². The highest BCUT2D eigenvalue weighted by Gasteiger charge is 2.33. The minimum Gasteiger partial charge on any atom is -0.394 e. The van der Waals surface area contributed by atoms with Gasteiger partial charge in [0.2, 0.25) is 10.0 Å². The van der Waals surface area contributed by atoms with Gasteiger partial charge in [0.25, 0.3) is 0 Å². The second-order valence-corrected chi connectivity index (χ2v) is 5.84. The summed E-state index contributed by atoms with van der Waals surface area (Å²) in [6.45, 7) is 0.273. The second-order valence-electron chi connectivity index (χ2n) is 4.16. The van der Waals surface area contributed by atoms with Gasteiger partial charge in [-0.25, -0.2) is 21.9 Å². The highest BCUT2D eigenvalue weighted by Crippen LogP contribution is 2.18. The number of benzene rings is 1. The van der Waals surface area contributed by atoms with E-state index in [9.17, 15) is 17.2 Å². The molecule has 0 radical (unpaired) electrons. The maximum Gasteiger partial charge on any atom is 0.241 e. The molecular weight excluding hydrogens is 280 g/mol. The van der Waals surface area contributed by atoms with Crippen molar-refractivity contribution in [2.24, 2.45) is 0 Å². The van der Waals surface area contributed by atoms with Crippen LogP contribution in [0, 0.1) is 11.6 Å². The number of rotatable bonds is 6. The van der Waals surface area contributed by atoms with Gasteiger partial charge in [-0.1, -0.05) is 6.92 Å². The molecule has 0 aliphatic heterocycles. The number of hydrogen-bond acceptors (Lipinski definition) is 4. The van der Waals surface area contributed by atoms with Gasteiger partial charge in [-0.2, -0.15) is 0 Å². The molecular formula is C11H15F2NO4S. The normalized spacial score (nSPS) is 12.7. The van der Waals surface area contributed by atoms with Crippen molar-refractivity contribution in [3.63, 3.8) is 0 Å². The Labute approximate surface area is 109 Å². The first kappa shape index (κ1) is 16.0. The van der Waals surface area contributed by atoms with Gasteiger partial charge in [0.15, 0.2) is 0 Å². The van der Waals surface area contributed by atoms with Crippen LogP contribution in [0.5, 0.6) is 0 Å². The number of hydrogen-bond donors (Lipinski definition) is 3. The molecule has 3 N–H and O–H groups in total. The molecule has 8 heteroatoms. The Balaban J connectivity index is 3.17. The van der Waals surface area contributed by atoms with Gasteiger partial charge in [-0.15, -0.1) is 0 Å². The lowest BCUT2D eigenvalue weighted by Gasteiger charge is -2.29. The van der Waals surface area contributed by atoms with Crippen molar-refractivity contribution >= 4 is 10.0 Å². The Morgan fingerprint density at radius 1 is 1.16 bits per heavy atom. The third-order valence-electron chi connectivity index (χ3n) is 2.78. The Morgan fingerprint density at radius 3 is 2.00 bits per heavy atom. The molecule has 0 atom stereocenters. The van der Waals surface area contributed by atoms with Crippen molar-refractivity contribution in [3.8, 4) is 0 Å². The van der Waals surface area contributed by atoms with Crippen LogP contribution < -0.4 is 4.72 Å². The number of sulfonamides is 1. The van der Waals surface area contributed by atoms with Gasteiger partial charge in [-0.05, 0) is 18.6 Å². The van der Waals surface area contributed by atoms with E-state index in [1.54, 1.807) is 6.92 Å². The fourth-order valence-electron chi connectivity index (χ4n) is 1.44. The number of halogens is 2. The molecule has 0 spiro atoms. The minimum atomic E-state index is -4.25. The number of aliphatic hydroxyl groups excluding tert-OH is 2. The zero-order chi connectivity index (χ0) is 14.7. The van der Waals surface area contributed by atoms with Crippen molar-refractivity contribution in [2.45, 2.75) is 23.8 Å². The van der Waals surface area contributed by atoms with E-state index < -0.39 is 45.3 Å². The molecule has 0 aliphatic carbocycles. The summed E-state index contributed by atoms with van der Waals surface area (Å²) in [5, 5.41) is 18.3. The first-order chi connectivity index (χ1) is 8.78. The largest absolute Gasteiger partial charge is 0.394 e. The van der Waals surface area contributed by atoms with Crippen LogP contribution in [0.15, 0.2) is 23.1 Å². The predicted octanol–water partition coefficient (Wildman–Crippen LogP) is 0.377. The van der Waals surface area contributed by atoms with Crippen LogP contribution in [0.1, 0.15) is 13.3 Å². The zero-order valence-corrected chi connectivity index (χ0v) is 11.0. The average molecular weight is 295 g/mol. The summed E-state index contributed by atoms with van der Waals surface area (Å²) >= 11 is 0. The van der Waals surface area contributed by atoms with Crippen molar-refractivity contribution in [1.82, 2.24) is 4.72 Å². The fraction of sp³-hybridized carbons (Fsp3) is 0.455. The van der Waals surface area contributed by atoms with Crippen molar-refractivity contribution in [1.29, 1.82) is 0 Å². The molecule has 0 saturated carbocycles. The summed E-state index contributed by atoms with van der Waals surface area (Å²) in [7, 11) is -4.25. The Morgan fingerprint density at radius 2 is 1.63 bits per heavy atom. The van der Waals surface area contributed by atoms with E-state index in [-0.39, 0.29) is 6.42 Å². The van der Waals surface area contributed by atoms with Crippen LogP contribution in [-0.4, -0.2) is 37.4 Å². The zero-order valence-electron chi connectivity index (χ0n) is 10.2. The third-order valence-corrected chi connectivity index (χ3v) is 4.34. The summed E-state index contributed by atoms with van der Waals surface area (Å²) in [6, 6.07) is 1.85. The summed E-state index contributed by atoms with van der Waals surface area (Å²) < 4.78 is 52.0. The van der Waals surface area contributed by atoms with Crippen LogP contribution in [-0.2, 0) is 10.0 Å². The monoisotopic (exact) mass is 295 g/mol. The lowest BCUT2D eigenvalue weighted by molar-refractivity contribution is 0.105. The first-order valence-electron chi connectivity index (χ1n) is 5.50. The SMILES string of the molecule is CCC(CO)(CO)NS(=O)(=O)c1cc(F)cc(F)c1. The van der Waals surface area contributed by atoms with Crippen LogP contribution in [0.3, 0.4) is 0 Å². The van der Waals surface area contributed by atoms with E-state index in [0.717, 1.165) is 0 Å². The Hall–Kier alpha value is -1.09. The Bertz CT molecular complexity index is 515. The molecule has 0 aromatic heterocycles. The molecule has 19 heavy (non-hydrogen) atoms. The fourth-order valence-corrected chi connectivity index (χ4v) is 2.93. The molecule has 0 aliphatic rings. The van der Waals surface area contributed by atoms with E-state index in [0.29, 0.717) is 18.2 Å². The van der Waals surface area contributed by atoms with Crippen LogP contribution in [0.2, 0.25) is 0 Å². The maximum atomic E-state index is 13.0. The van der Waals surface area contributed by atoms with E-state index in [1.807, 2.05) is 0 Å². The van der Waals surface area contributed by atoms with Gasteiger partial charge in [0.1, 0.15) is 11.6 Å². The molecule has 0 amide bonds. The molecule has 1 aromatic carbocycles. The molecule has 0 unspecified atom stereocenters. The highest BCUT2D eigenvalue weighted by molar-refractivity contribution is 7.89. The number of nitrogens with one attached hydrogen (secondary N) is 1. The molecule has 0 bridgehead atoms. The van der Waals surface area contributed by atoms with Crippen LogP contribution in [0.4, 0.5) is 8.78 Å². The smallest absolute Gasteiger partial charge is 0.241 e. The quantitative estimate of drug-likeness (QED) is 0.708. The molecule has 108 valence electrons. The van der Waals surface area contributed by atoms with Crippen molar-refractivity contribution in [3.05, 3.63) is 29.8 Å². The molecule has 0 fully saturated rings. The third kappa shape index (κ3) is 3.69. The molecule has 0 saturated heterocycles. The van der Waals surface area contributed by atoms with E-state index in [1.165, 1.54) is 0 Å².